The Kier molecular flexibility index (Phi) is 4.16. The third-order valence-electron chi connectivity index (χ3n) is 2.74. The number of sulfone groups is 1. The number of benzene rings is 1. The fourth-order valence-corrected chi connectivity index (χ4v) is 2.62. The molecular weight excluding hydrogens is 276 g/mol. The van der Waals surface area contributed by atoms with E-state index in [-0.39, 0.29) is 4.90 Å². The van der Waals surface area contributed by atoms with Crippen LogP contribution in [0.4, 0.5) is 0 Å². The Bertz CT molecular complexity index is 620. The van der Waals surface area contributed by atoms with Crippen molar-refractivity contribution in [2.75, 3.05) is 13.3 Å². The largest absolute Gasteiger partial charge is 0.277 e. The van der Waals surface area contributed by atoms with Crippen molar-refractivity contribution in [2.45, 2.75) is 17.9 Å². The van der Waals surface area contributed by atoms with Gasteiger partial charge in [0.2, 0.25) is 0 Å². The van der Waals surface area contributed by atoms with E-state index < -0.39 is 26.1 Å². The molecule has 0 aliphatic heterocycles. The SMILES string of the molecule is CC(c1ccc(S(C)(=O)=O)cc1)N(C)S(N)(=O)=O. The van der Waals surface area contributed by atoms with E-state index in [1.165, 1.54) is 19.2 Å². The zero-order chi connectivity index (χ0) is 14.1. The highest BCUT2D eigenvalue weighted by atomic mass is 32.2. The molecule has 102 valence electrons. The molecule has 1 rings (SSSR count). The first-order valence-electron chi connectivity index (χ1n) is 5.09. The van der Waals surface area contributed by atoms with E-state index in [4.69, 9.17) is 5.14 Å². The van der Waals surface area contributed by atoms with Gasteiger partial charge in [-0.15, -0.1) is 0 Å². The monoisotopic (exact) mass is 292 g/mol. The summed E-state index contributed by atoms with van der Waals surface area (Å²) in [5, 5.41) is 5.02. The van der Waals surface area contributed by atoms with Crippen molar-refractivity contribution in [3.63, 3.8) is 0 Å². The number of hydrogen-bond donors (Lipinski definition) is 1. The van der Waals surface area contributed by atoms with Gasteiger partial charge in [-0.1, -0.05) is 12.1 Å². The van der Waals surface area contributed by atoms with Crippen molar-refractivity contribution >= 4 is 20.0 Å². The van der Waals surface area contributed by atoms with E-state index in [0.29, 0.717) is 5.56 Å². The molecule has 18 heavy (non-hydrogen) atoms. The summed E-state index contributed by atoms with van der Waals surface area (Å²) in [5.41, 5.74) is 0.666. The molecular formula is C10H16N2O4S2. The van der Waals surface area contributed by atoms with Crippen LogP contribution in [0.1, 0.15) is 18.5 Å². The standard InChI is InChI=1S/C10H16N2O4S2/c1-8(12(2)18(11,15)16)9-4-6-10(7-5-9)17(3,13)14/h4-8H,1-3H3,(H2,11,15,16). The van der Waals surface area contributed by atoms with Crippen molar-refractivity contribution < 1.29 is 16.8 Å². The molecule has 0 saturated heterocycles. The first kappa shape index (κ1) is 15.1. The molecule has 0 heterocycles. The molecule has 0 aliphatic rings. The van der Waals surface area contributed by atoms with Gasteiger partial charge in [0.1, 0.15) is 0 Å². The second-order valence-corrected chi connectivity index (χ2v) is 7.70. The van der Waals surface area contributed by atoms with Crippen LogP contribution in [0.2, 0.25) is 0 Å². The van der Waals surface area contributed by atoms with Crippen molar-refractivity contribution in [3.8, 4) is 0 Å². The van der Waals surface area contributed by atoms with Crippen LogP contribution < -0.4 is 5.14 Å². The molecule has 0 aliphatic carbocycles. The van der Waals surface area contributed by atoms with Gasteiger partial charge in [0.05, 0.1) is 4.90 Å². The lowest BCUT2D eigenvalue weighted by Crippen LogP contribution is -2.35. The number of nitrogens with two attached hydrogens (primary N) is 1. The lowest BCUT2D eigenvalue weighted by molar-refractivity contribution is 0.399. The number of rotatable bonds is 4. The molecule has 0 radical (unpaired) electrons. The molecule has 1 aromatic carbocycles. The average Bonchev–Trinajstić information content (AvgIpc) is 2.25. The molecule has 0 spiro atoms. The Morgan fingerprint density at radius 2 is 1.56 bits per heavy atom. The molecule has 0 amide bonds. The minimum atomic E-state index is -3.77. The van der Waals surface area contributed by atoms with Crippen LogP contribution >= 0.6 is 0 Å². The molecule has 0 aromatic heterocycles. The van der Waals surface area contributed by atoms with E-state index in [1.54, 1.807) is 19.1 Å². The third-order valence-corrected chi connectivity index (χ3v) is 4.98. The van der Waals surface area contributed by atoms with Crippen LogP contribution in [0.15, 0.2) is 29.2 Å². The molecule has 6 nitrogen and oxygen atoms in total. The van der Waals surface area contributed by atoms with Gasteiger partial charge in [0.25, 0.3) is 10.2 Å². The van der Waals surface area contributed by atoms with Crippen LogP contribution in [0.3, 0.4) is 0 Å². The summed E-state index contributed by atoms with van der Waals surface area (Å²) in [4.78, 5) is 0.191. The van der Waals surface area contributed by atoms with Gasteiger partial charge >= 0.3 is 0 Å². The van der Waals surface area contributed by atoms with Gasteiger partial charge in [-0.05, 0) is 24.6 Å². The number of nitrogens with zero attached hydrogens (tertiary/aromatic N) is 1. The van der Waals surface area contributed by atoms with Crippen molar-refractivity contribution in [3.05, 3.63) is 29.8 Å². The van der Waals surface area contributed by atoms with Gasteiger partial charge in [-0.3, -0.25) is 0 Å². The quantitative estimate of drug-likeness (QED) is 0.862. The topological polar surface area (TPSA) is 97.5 Å². The Morgan fingerprint density at radius 3 is 1.89 bits per heavy atom. The summed E-state index contributed by atoms with van der Waals surface area (Å²) in [6.45, 7) is 1.67. The maximum absolute atomic E-state index is 11.3. The van der Waals surface area contributed by atoms with Gasteiger partial charge in [0, 0.05) is 19.3 Å². The highest BCUT2D eigenvalue weighted by molar-refractivity contribution is 7.90. The Balaban J connectivity index is 3.07. The van der Waals surface area contributed by atoms with Crippen molar-refractivity contribution in [1.29, 1.82) is 0 Å². The zero-order valence-electron chi connectivity index (χ0n) is 10.4. The maximum atomic E-state index is 11.3. The second kappa shape index (κ2) is 4.96. The molecule has 8 heteroatoms. The first-order chi connectivity index (χ1) is 8.03. The molecule has 0 bridgehead atoms. The van der Waals surface area contributed by atoms with Crippen LogP contribution in [-0.4, -0.2) is 34.4 Å². The fourth-order valence-electron chi connectivity index (χ4n) is 1.42. The molecule has 0 fully saturated rings. The smallest absolute Gasteiger partial charge is 0.224 e. The van der Waals surface area contributed by atoms with E-state index >= 15 is 0 Å². The van der Waals surface area contributed by atoms with E-state index in [2.05, 4.69) is 0 Å². The summed E-state index contributed by atoms with van der Waals surface area (Å²) in [6.07, 6.45) is 1.11. The highest BCUT2D eigenvalue weighted by Gasteiger charge is 2.20. The Hall–Kier alpha value is -0.960. The minimum Gasteiger partial charge on any atom is -0.224 e. The van der Waals surface area contributed by atoms with Crippen LogP contribution in [0.5, 0.6) is 0 Å². The van der Waals surface area contributed by atoms with Crippen molar-refractivity contribution in [1.82, 2.24) is 4.31 Å². The predicted molar refractivity (Wildman–Crippen MR) is 68.8 cm³/mol. The first-order valence-corrected chi connectivity index (χ1v) is 8.48. The fraction of sp³-hybridized carbons (Fsp3) is 0.400. The van der Waals surface area contributed by atoms with E-state index in [1.807, 2.05) is 0 Å². The zero-order valence-corrected chi connectivity index (χ0v) is 12.0. The lowest BCUT2D eigenvalue weighted by atomic mass is 10.1. The molecule has 1 atom stereocenters. The highest BCUT2D eigenvalue weighted by Crippen LogP contribution is 2.21. The third kappa shape index (κ3) is 3.52. The summed E-state index contributed by atoms with van der Waals surface area (Å²) < 4.78 is 45.9. The maximum Gasteiger partial charge on any atom is 0.277 e. The Labute approximate surface area is 108 Å². The minimum absolute atomic E-state index is 0.191. The van der Waals surface area contributed by atoms with Gasteiger partial charge in [-0.25, -0.2) is 13.6 Å². The lowest BCUT2D eigenvalue weighted by Gasteiger charge is -2.22. The second-order valence-electron chi connectivity index (χ2n) is 4.08. The summed E-state index contributed by atoms with van der Waals surface area (Å²) >= 11 is 0. The van der Waals surface area contributed by atoms with Gasteiger partial charge in [0.15, 0.2) is 9.84 Å². The summed E-state index contributed by atoms with van der Waals surface area (Å²) in [6, 6.07) is 5.57. The Morgan fingerprint density at radius 1 is 1.11 bits per heavy atom. The number of hydrogen-bond acceptors (Lipinski definition) is 4. The van der Waals surface area contributed by atoms with E-state index in [0.717, 1.165) is 10.6 Å². The normalized spacial score (nSPS) is 14.7. The summed E-state index contributed by atoms with van der Waals surface area (Å²) in [5.74, 6) is 0. The molecule has 1 unspecified atom stereocenters. The molecule has 0 saturated carbocycles. The summed E-state index contributed by atoms with van der Waals surface area (Å²) in [7, 11) is -5.66. The van der Waals surface area contributed by atoms with Gasteiger partial charge < -0.3 is 0 Å². The van der Waals surface area contributed by atoms with Crippen LogP contribution in [0.25, 0.3) is 0 Å². The van der Waals surface area contributed by atoms with Crippen molar-refractivity contribution in [2.24, 2.45) is 5.14 Å². The predicted octanol–water partition coefficient (Wildman–Crippen LogP) is 0.286. The van der Waals surface area contributed by atoms with Crippen LogP contribution in [-0.2, 0) is 20.0 Å². The molecule has 1 aromatic rings. The molecule has 2 N–H and O–H groups in total. The van der Waals surface area contributed by atoms with Crippen LogP contribution in [0, 0.1) is 0 Å². The van der Waals surface area contributed by atoms with Gasteiger partial charge in [-0.2, -0.15) is 12.7 Å². The van der Waals surface area contributed by atoms with E-state index in [9.17, 15) is 16.8 Å². The average molecular weight is 292 g/mol.